The van der Waals surface area contributed by atoms with E-state index >= 15 is 0 Å². The molecule has 0 spiro atoms. The van der Waals surface area contributed by atoms with Crippen LogP contribution in [0.15, 0.2) is 72.0 Å². The van der Waals surface area contributed by atoms with Gasteiger partial charge < -0.3 is 15.5 Å². The van der Waals surface area contributed by atoms with Crippen molar-refractivity contribution in [3.63, 3.8) is 0 Å². The molecule has 35 heavy (non-hydrogen) atoms. The number of aromatic nitrogens is 2. The van der Waals surface area contributed by atoms with Gasteiger partial charge in [-0.1, -0.05) is 17.8 Å². The number of carbonyl (C=O) groups is 3. The molecule has 9 nitrogen and oxygen atoms in total. The first-order chi connectivity index (χ1) is 17.0. The lowest BCUT2D eigenvalue weighted by atomic mass is 10.1. The van der Waals surface area contributed by atoms with Crippen LogP contribution in [0.4, 0.5) is 11.4 Å². The minimum Gasteiger partial charge on any atom is -0.351 e. The van der Waals surface area contributed by atoms with Crippen LogP contribution in [-0.4, -0.2) is 55.9 Å². The molecule has 2 N–H and O–H groups in total. The van der Waals surface area contributed by atoms with E-state index in [2.05, 4.69) is 25.6 Å². The number of carbonyl (C=O) groups excluding carboxylic acids is 3. The van der Waals surface area contributed by atoms with Gasteiger partial charge in [0.2, 0.25) is 5.91 Å². The molecule has 1 atom stereocenters. The zero-order valence-electron chi connectivity index (χ0n) is 18.9. The first-order valence-corrected chi connectivity index (χ1v) is 12.3. The van der Waals surface area contributed by atoms with Crippen LogP contribution in [0.5, 0.6) is 0 Å². The smallest absolute Gasteiger partial charge is 0.262 e. The van der Waals surface area contributed by atoms with Crippen LogP contribution in [0.25, 0.3) is 5.69 Å². The molecule has 1 fully saturated rings. The molecular formula is C25H24N6O3S. The van der Waals surface area contributed by atoms with Gasteiger partial charge in [0.05, 0.1) is 5.69 Å². The molecular weight excluding hydrogens is 464 g/mol. The van der Waals surface area contributed by atoms with E-state index in [4.69, 9.17) is 0 Å². The second-order valence-corrected chi connectivity index (χ2v) is 9.49. The Morgan fingerprint density at radius 3 is 2.54 bits per heavy atom. The highest BCUT2D eigenvalue weighted by molar-refractivity contribution is 8.15. The molecule has 3 heterocycles. The number of thioether (sulfide) groups is 1. The first kappa shape index (κ1) is 22.9. The summed E-state index contributed by atoms with van der Waals surface area (Å²) in [5, 5.41) is 10.1. The van der Waals surface area contributed by atoms with Gasteiger partial charge in [-0.3, -0.25) is 14.4 Å². The maximum Gasteiger partial charge on any atom is 0.262 e. The van der Waals surface area contributed by atoms with E-state index in [-0.39, 0.29) is 24.1 Å². The number of rotatable bonds is 6. The maximum absolute atomic E-state index is 12.7. The molecule has 1 saturated heterocycles. The topological polar surface area (TPSA) is 109 Å². The van der Waals surface area contributed by atoms with Gasteiger partial charge in [0.25, 0.3) is 11.8 Å². The molecule has 178 valence electrons. The number of amides is 3. The summed E-state index contributed by atoms with van der Waals surface area (Å²) in [4.78, 5) is 43.6. The van der Waals surface area contributed by atoms with Crippen LogP contribution >= 0.6 is 11.8 Å². The highest BCUT2D eigenvalue weighted by Crippen LogP contribution is 2.29. The number of hydrogen-bond donors (Lipinski definition) is 2. The Balaban J connectivity index is 1.14. The summed E-state index contributed by atoms with van der Waals surface area (Å²) >= 11 is 1.37. The molecule has 5 rings (SSSR count). The fraction of sp³-hybridized carbons (Fsp3) is 0.240. The third kappa shape index (κ3) is 5.43. The van der Waals surface area contributed by atoms with E-state index in [1.807, 2.05) is 30.5 Å². The predicted molar refractivity (Wildman–Crippen MR) is 136 cm³/mol. The molecule has 0 aliphatic carbocycles. The standard InChI is InChI=1S/C25H24N6O3S/c32-22(16-21-24(34)29-25(35-21)30-12-1-2-13-30)27-18-9-7-17(8-10-18)23(33)28-19-5-3-6-20(15-19)31-14-4-11-26-31/h3-11,14-15,21H,1-2,12-13,16H2,(H,27,32)(H,28,33). The van der Waals surface area contributed by atoms with Crippen molar-refractivity contribution in [3.05, 3.63) is 72.6 Å². The molecule has 3 aromatic rings. The molecule has 10 heteroatoms. The fourth-order valence-corrected chi connectivity index (χ4v) is 5.11. The van der Waals surface area contributed by atoms with Gasteiger partial charge in [-0.25, -0.2) is 4.68 Å². The lowest BCUT2D eigenvalue weighted by Crippen LogP contribution is -2.25. The number of likely N-dealkylation sites (tertiary alicyclic amines) is 1. The van der Waals surface area contributed by atoms with Crippen molar-refractivity contribution in [2.24, 2.45) is 4.99 Å². The molecule has 1 aromatic heterocycles. The zero-order chi connectivity index (χ0) is 24.2. The number of anilines is 2. The molecule has 0 radical (unpaired) electrons. The Kier molecular flexibility index (Phi) is 6.62. The SMILES string of the molecule is O=C(CC1SC(N2CCCC2)=NC1=O)Nc1ccc(C(=O)Nc2cccc(-n3cccn3)c2)cc1. The van der Waals surface area contributed by atoms with Crippen molar-refractivity contribution >= 4 is 46.0 Å². The van der Waals surface area contributed by atoms with E-state index in [9.17, 15) is 14.4 Å². The summed E-state index contributed by atoms with van der Waals surface area (Å²) in [7, 11) is 0. The number of amidine groups is 1. The second-order valence-electron chi connectivity index (χ2n) is 8.32. The summed E-state index contributed by atoms with van der Waals surface area (Å²) in [5.41, 5.74) is 2.50. The third-order valence-corrected chi connectivity index (χ3v) is 6.99. The second kappa shape index (κ2) is 10.1. The van der Waals surface area contributed by atoms with E-state index < -0.39 is 5.25 Å². The summed E-state index contributed by atoms with van der Waals surface area (Å²) in [5.74, 6) is -0.780. The Labute approximate surface area is 206 Å². The number of aliphatic imine (C=N–C) groups is 1. The highest BCUT2D eigenvalue weighted by atomic mass is 32.2. The molecule has 2 aromatic carbocycles. The van der Waals surface area contributed by atoms with E-state index in [0.29, 0.717) is 16.9 Å². The van der Waals surface area contributed by atoms with Crippen molar-refractivity contribution in [2.45, 2.75) is 24.5 Å². The lowest BCUT2D eigenvalue weighted by Gasteiger charge is -2.16. The van der Waals surface area contributed by atoms with Crippen molar-refractivity contribution in [1.29, 1.82) is 0 Å². The highest BCUT2D eigenvalue weighted by Gasteiger charge is 2.33. The van der Waals surface area contributed by atoms with Crippen LogP contribution in [0.1, 0.15) is 29.6 Å². The molecule has 0 bridgehead atoms. The van der Waals surface area contributed by atoms with Gasteiger partial charge in [-0.2, -0.15) is 10.1 Å². The monoisotopic (exact) mass is 488 g/mol. The zero-order valence-corrected chi connectivity index (χ0v) is 19.7. The van der Waals surface area contributed by atoms with Crippen molar-refractivity contribution in [3.8, 4) is 5.69 Å². The summed E-state index contributed by atoms with van der Waals surface area (Å²) in [6, 6.07) is 15.8. The van der Waals surface area contributed by atoms with Gasteiger partial charge in [0.1, 0.15) is 5.25 Å². The largest absolute Gasteiger partial charge is 0.351 e. The van der Waals surface area contributed by atoms with Gasteiger partial charge in [0.15, 0.2) is 5.17 Å². The predicted octanol–water partition coefficient (Wildman–Crippen LogP) is 3.55. The number of benzene rings is 2. The Hall–Kier alpha value is -3.92. The normalized spacial score (nSPS) is 17.4. The lowest BCUT2D eigenvalue weighted by molar-refractivity contribution is -0.121. The van der Waals surface area contributed by atoms with Crippen LogP contribution < -0.4 is 10.6 Å². The third-order valence-electron chi connectivity index (χ3n) is 5.78. The first-order valence-electron chi connectivity index (χ1n) is 11.4. The quantitative estimate of drug-likeness (QED) is 0.549. The molecule has 1 unspecified atom stereocenters. The van der Waals surface area contributed by atoms with Gasteiger partial charge in [-0.05, 0) is 61.4 Å². The molecule has 2 aliphatic heterocycles. The molecule has 2 aliphatic rings. The summed E-state index contributed by atoms with van der Waals surface area (Å²) < 4.78 is 1.71. The Morgan fingerprint density at radius 2 is 1.80 bits per heavy atom. The maximum atomic E-state index is 12.7. The summed E-state index contributed by atoms with van der Waals surface area (Å²) in [6.45, 7) is 1.82. The Morgan fingerprint density at radius 1 is 1.00 bits per heavy atom. The molecule has 3 amide bonds. The average molecular weight is 489 g/mol. The number of hydrogen-bond acceptors (Lipinski definition) is 6. The minimum atomic E-state index is -0.492. The van der Waals surface area contributed by atoms with Crippen LogP contribution in [-0.2, 0) is 9.59 Å². The van der Waals surface area contributed by atoms with Gasteiger partial charge in [0, 0.05) is 48.8 Å². The number of nitrogens with zero attached hydrogens (tertiary/aromatic N) is 4. The van der Waals surface area contributed by atoms with Gasteiger partial charge in [-0.15, -0.1) is 0 Å². The van der Waals surface area contributed by atoms with Crippen LogP contribution in [0.3, 0.4) is 0 Å². The van der Waals surface area contributed by atoms with Crippen LogP contribution in [0, 0.1) is 0 Å². The van der Waals surface area contributed by atoms with E-state index in [1.54, 1.807) is 41.2 Å². The van der Waals surface area contributed by atoms with Crippen molar-refractivity contribution in [2.75, 3.05) is 23.7 Å². The average Bonchev–Trinajstić information content (AvgIpc) is 3.63. The van der Waals surface area contributed by atoms with Crippen molar-refractivity contribution in [1.82, 2.24) is 14.7 Å². The van der Waals surface area contributed by atoms with E-state index in [1.165, 1.54) is 11.8 Å². The molecule has 0 saturated carbocycles. The minimum absolute atomic E-state index is 0.0547. The van der Waals surface area contributed by atoms with Crippen molar-refractivity contribution < 1.29 is 14.4 Å². The van der Waals surface area contributed by atoms with Crippen LogP contribution in [0.2, 0.25) is 0 Å². The Bertz CT molecular complexity index is 1270. The summed E-state index contributed by atoms with van der Waals surface area (Å²) in [6.07, 6.45) is 5.78. The van der Waals surface area contributed by atoms with E-state index in [0.717, 1.165) is 36.8 Å². The van der Waals surface area contributed by atoms with Gasteiger partial charge >= 0.3 is 0 Å². The fourth-order valence-electron chi connectivity index (χ4n) is 3.99. The number of nitrogens with one attached hydrogen (secondary N) is 2.